The molecule has 0 saturated carbocycles. The second-order valence-electron chi connectivity index (χ2n) is 2.75. The summed E-state index contributed by atoms with van der Waals surface area (Å²) in [5.74, 6) is 0.607. The first kappa shape index (κ1) is 9.29. The van der Waals surface area contributed by atoms with E-state index in [-0.39, 0.29) is 6.61 Å². The van der Waals surface area contributed by atoms with E-state index in [1.165, 1.54) is 11.8 Å². The summed E-state index contributed by atoms with van der Waals surface area (Å²) in [5, 5.41) is 17.4. The number of pyridine rings is 1. The third-order valence-corrected chi connectivity index (χ3v) is 2.64. The van der Waals surface area contributed by atoms with Gasteiger partial charge in [-0.1, -0.05) is 11.8 Å². The number of aliphatic hydroxyl groups is 1. The number of hydrogen-bond donors (Lipinski definition) is 2. The van der Waals surface area contributed by atoms with Gasteiger partial charge in [0.15, 0.2) is 10.8 Å². The topological polar surface area (TPSA) is 76.4 Å². The lowest BCUT2D eigenvalue weighted by atomic mass is 10.4. The van der Waals surface area contributed by atoms with Crippen LogP contribution in [0.3, 0.4) is 0 Å². The number of nitrogens with two attached hydrogens (primary N) is 1. The number of rotatable bonds is 3. The number of hydrogen-bond acceptors (Lipinski definition) is 5. The molecule has 2 rings (SSSR count). The molecule has 0 atom stereocenters. The fourth-order valence-corrected chi connectivity index (χ4v) is 1.78. The zero-order valence-electron chi connectivity index (χ0n) is 7.42. The van der Waals surface area contributed by atoms with Crippen LogP contribution >= 0.6 is 11.8 Å². The van der Waals surface area contributed by atoms with Crippen LogP contribution in [0.1, 0.15) is 0 Å². The first-order chi connectivity index (χ1) is 6.81. The van der Waals surface area contributed by atoms with Crippen LogP contribution in [-0.4, -0.2) is 32.1 Å². The summed E-state index contributed by atoms with van der Waals surface area (Å²) < 4.78 is 1.82. The number of anilines is 1. The van der Waals surface area contributed by atoms with Crippen LogP contribution < -0.4 is 5.73 Å². The van der Waals surface area contributed by atoms with Crippen molar-refractivity contribution in [2.75, 3.05) is 18.1 Å². The van der Waals surface area contributed by atoms with Gasteiger partial charge < -0.3 is 10.8 Å². The molecule has 0 saturated heterocycles. The number of nitrogens with zero attached hydrogens (tertiary/aromatic N) is 3. The van der Waals surface area contributed by atoms with Gasteiger partial charge in [-0.15, -0.1) is 10.2 Å². The molecular formula is C8H10N4OS. The first-order valence-electron chi connectivity index (χ1n) is 4.15. The van der Waals surface area contributed by atoms with Gasteiger partial charge in [-0.3, -0.25) is 4.40 Å². The Morgan fingerprint density at radius 2 is 2.29 bits per heavy atom. The molecule has 2 heterocycles. The molecule has 14 heavy (non-hydrogen) atoms. The maximum atomic E-state index is 8.69. The van der Waals surface area contributed by atoms with Crippen LogP contribution in [0.4, 0.5) is 5.69 Å². The average Bonchev–Trinajstić information content (AvgIpc) is 2.57. The molecule has 0 spiro atoms. The fraction of sp³-hybridized carbons (Fsp3) is 0.250. The van der Waals surface area contributed by atoms with Crippen LogP contribution in [0.5, 0.6) is 0 Å². The lowest BCUT2D eigenvalue weighted by molar-refractivity contribution is 0.322. The second kappa shape index (κ2) is 3.85. The van der Waals surface area contributed by atoms with Crippen LogP contribution in [0.2, 0.25) is 0 Å². The van der Waals surface area contributed by atoms with Crippen molar-refractivity contribution in [1.82, 2.24) is 14.6 Å². The first-order valence-corrected chi connectivity index (χ1v) is 5.14. The summed E-state index contributed by atoms with van der Waals surface area (Å²) in [6.07, 6.45) is 1.77. The third kappa shape index (κ3) is 1.66. The van der Waals surface area contributed by atoms with Crippen molar-refractivity contribution in [1.29, 1.82) is 0 Å². The highest BCUT2D eigenvalue weighted by Crippen LogP contribution is 2.17. The van der Waals surface area contributed by atoms with E-state index < -0.39 is 0 Å². The zero-order chi connectivity index (χ0) is 9.97. The van der Waals surface area contributed by atoms with Crippen molar-refractivity contribution < 1.29 is 5.11 Å². The van der Waals surface area contributed by atoms with Crippen molar-refractivity contribution in [3.05, 3.63) is 18.3 Å². The minimum Gasteiger partial charge on any atom is -0.398 e. The molecule has 0 aromatic carbocycles. The molecule has 3 N–H and O–H groups in total. The van der Waals surface area contributed by atoms with Gasteiger partial charge in [0, 0.05) is 17.6 Å². The Morgan fingerprint density at radius 3 is 3.07 bits per heavy atom. The SMILES string of the molecule is Nc1ccc2nnc(SCCO)n2c1. The van der Waals surface area contributed by atoms with E-state index in [0.717, 1.165) is 10.8 Å². The van der Waals surface area contributed by atoms with Crippen molar-refractivity contribution >= 4 is 23.1 Å². The van der Waals surface area contributed by atoms with Crippen LogP contribution in [0, 0.1) is 0 Å². The Hall–Kier alpha value is -1.27. The molecule has 0 bridgehead atoms. The summed E-state index contributed by atoms with van der Waals surface area (Å²) in [7, 11) is 0. The largest absolute Gasteiger partial charge is 0.398 e. The second-order valence-corrected chi connectivity index (χ2v) is 3.81. The summed E-state index contributed by atoms with van der Waals surface area (Å²) in [6, 6.07) is 3.59. The number of fused-ring (bicyclic) bond motifs is 1. The van der Waals surface area contributed by atoms with E-state index in [9.17, 15) is 0 Å². The van der Waals surface area contributed by atoms with E-state index in [1.807, 2.05) is 10.5 Å². The maximum absolute atomic E-state index is 8.69. The number of nitrogen functional groups attached to an aromatic ring is 1. The van der Waals surface area contributed by atoms with Gasteiger partial charge in [0.05, 0.1) is 6.61 Å². The van der Waals surface area contributed by atoms with Crippen LogP contribution in [-0.2, 0) is 0 Å². The Kier molecular flexibility index (Phi) is 2.55. The zero-order valence-corrected chi connectivity index (χ0v) is 8.24. The molecule has 6 heteroatoms. The lowest BCUT2D eigenvalue weighted by Crippen LogP contribution is -1.93. The highest BCUT2D eigenvalue weighted by Gasteiger charge is 2.04. The van der Waals surface area contributed by atoms with E-state index >= 15 is 0 Å². The Labute approximate surface area is 84.9 Å². The fourth-order valence-electron chi connectivity index (χ4n) is 1.12. The predicted molar refractivity (Wildman–Crippen MR) is 55.2 cm³/mol. The molecule has 74 valence electrons. The average molecular weight is 210 g/mol. The van der Waals surface area contributed by atoms with Crippen molar-refractivity contribution in [2.24, 2.45) is 0 Å². The third-order valence-electron chi connectivity index (χ3n) is 1.72. The molecule has 0 aliphatic carbocycles. The summed E-state index contributed by atoms with van der Waals surface area (Å²) in [4.78, 5) is 0. The minimum absolute atomic E-state index is 0.127. The molecule has 2 aromatic rings. The van der Waals surface area contributed by atoms with Gasteiger partial charge in [-0.2, -0.15) is 0 Å². The molecule has 0 amide bonds. The van der Waals surface area contributed by atoms with Crippen molar-refractivity contribution in [3.63, 3.8) is 0 Å². The van der Waals surface area contributed by atoms with Gasteiger partial charge in [0.2, 0.25) is 0 Å². The molecule has 0 unspecified atom stereocenters. The molecular weight excluding hydrogens is 200 g/mol. The lowest BCUT2D eigenvalue weighted by Gasteiger charge is -1.98. The van der Waals surface area contributed by atoms with Gasteiger partial charge in [-0.05, 0) is 12.1 Å². The predicted octanol–water partition coefficient (Wildman–Crippen LogP) is 0.396. The summed E-state index contributed by atoms with van der Waals surface area (Å²) >= 11 is 1.45. The van der Waals surface area contributed by atoms with Crippen molar-refractivity contribution in [2.45, 2.75) is 5.16 Å². The smallest absolute Gasteiger partial charge is 0.195 e. The Bertz CT molecular complexity index is 442. The van der Waals surface area contributed by atoms with E-state index in [4.69, 9.17) is 10.8 Å². The molecule has 0 aliphatic rings. The normalized spacial score (nSPS) is 10.9. The number of aromatic nitrogens is 3. The number of aliphatic hydroxyl groups excluding tert-OH is 1. The van der Waals surface area contributed by atoms with Gasteiger partial charge in [-0.25, -0.2) is 0 Å². The molecule has 0 radical (unpaired) electrons. The van der Waals surface area contributed by atoms with Crippen molar-refractivity contribution in [3.8, 4) is 0 Å². The maximum Gasteiger partial charge on any atom is 0.195 e. The Morgan fingerprint density at radius 1 is 1.43 bits per heavy atom. The highest BCUT2D eigenvalue weighted by atomic mass is 32.2. The van der Waals surface area contributed by atoms with Crippen LogP contribution in [0.15, 0.2) is 23.5 Å². The molecule has 0 fully saturated rings. The highest BCUT2D eigenvalue weighted by molar-refractivity contribution is 7.99. The summed E-state index contributed by atoms with van der Waals surface area (Å²) in [5.41, 5.74) is 7.08. The molecule has 0 aliphatic heterocycles. The van der Waals surface area contributed by atoms with E-state index in [2.05, 4.69) is 10.2 Å². The summed E-state index contributed by atoms with van der Waals surface area (Å²) in [6.45, 7) is 0.127. The van der Waals surface area contributed by atoms with Gasteiger partial charge in [0.1, 0.15) is 0 Å². The standard InChI is InChI=1S/C8H10N4OS/c9-6-1-2-7-10-11-8(12(7)5-6)14-4-3-13/h1-2,5,13H,3-4,9H2. The molecule has 2 aromatic heterocycles. The minimum atomic E-state index is 0.127. The quantitative estimate of drug-likeness (QED) is 0.717. The Balaban J connectivity index is 2.40. The molecule has 5 nitrogen and oxygen atoms in total. The number of thioether (sulfide) groups is 1. The van der Waals surface area contributed by atoms with Gasteiger partial charge in [0.25, 0.3) is 0 Å². The van der Waals surface area contributed by atoms with Gasteiger partial charge >= 0.3 is 0 Å². The van der Waals surface area contributed by atoms with Crippen LogP contribution in [0.25, 0.3) is 5.65 Å². The van der Waals surface area contributed by atoms with E-state index in [1.54, 1.807) is 12.3 Å². The van der Waals surface area contributed by atoms with E-state index in [0.29, 0.717) is 11.4 Å². The monoisotopic (exact) mass is 210 g/mol.